The average Bonchev–Trinajstić information content (AvgIpc) is 3.00. The number of amides is 2. The summed E-state index contributed by atoms with van der Waals surface area (Å²) in [5, 5.41) is 17.6. The zero-order valence-electron chi connectivity index (χ0n) is 12.1. The SMILES string of the molecule is Cc1ccc(CNC(=O)NC[C@](C)(O)c2cccs2)cn1. The Labute approximate surface area is 128 Å². The van der Waals surface area contributed by atoms with E-state index in [4.69, 9.17) is 0 Å². The number of nitrogens with zero attached hydrogens (tertiary/aromatic N) is 1. The van der Waals surface area contributed by atoms with Crippen molar-refractivity contribution in [3.63, 3.8) is 0 Å². The van der Waals surface area contributed by atoms with Gasteiger partial charge in [-0.15, -0.1) is 11.3 Å². The molecule has 21 heavy (non-hydrogen) atoms. The van der Waals surface area contributed by atoms with E-state index < -0.39 is 5.60 Å². The molecule has 0 aliphatic rings. The van der Waals surface area contributed by atoms with Crippen molar-refractivity contribution in [3.05, 3.63) is 52.0 Å². The third-order valence-corrected chi connectivity index (χ3v) is 4.19. The van der Waals surface area contributed by atoms with E-state index in [9.17, 15) is 9.90 Å². The summed E-state index contributed by atoms with van der Waals surface area (Å²) in [6.07, 6.45) is 1.73. The first kappa shape index (κ1) is 15.5. The van der Waals surface area contributed by atoms with Crippen LogP contribution >= 0.6 is 11.3 Å². The number of pyridine rings is 1. The van der Waals surface area contributed by atoms with Crippen molar-refractivity contribution < 1.29 is 9.90 Å². The smallest absolute Gasteiger partial charge is 0.315 e. The van der Waals surface area contributed by atoms with Crippen LogP contribution in [0, 0.1) is 6.92 Å². The molecule has 0 fully saturated rings. The normalized spacial score (nSPS) is 13.5. The molecule has 3 N–H and O–H groups in total. The van der Waals surface area contributed by atoms with Gasteiger partial charge in [0, 0.05) is 23.3 Å². The second kappa shape index (κ2) is 6.69. The molecule has 5 nitrogen and oxygen atoms in total. The molecule has 0 saturated heterocycles. The summed E-state index contributed by atoms with van der Waals surface area (Å²) >= 11 is 1.46. The number of nitrogens with one attached hydrogen (secondary N) is 2. The van der Waals surface area contributed by atoms with Crippen molar-refractivity contribution in [2.24, 2.45) is 0 Å². The molecular weight excluding hydrogens is 286 g/mol. The molecule has 2 aromatic heterocycles. The fraction of sp³-hybridized carbons (Fsp3) is 0.333. The highest BCUT2D eigenvalue weighted by molar-refractivity contribution is 7.10. The molecule has 0 radical (unpaired) electrons. The van der Waals surface area contributed by atoms with Gasteiger partial charge in [0.15, 0.2) is 0 Å². The predicted octanol–water partition coefficient (Wildman–Crippen LogP) is 2.16. The fourth-order valence-electron chi connectivity index (χ4n) is 1.77. The summed E-state index contributed by atoms with van der Waals surface area (Å²) in [7, 11) is 0. The van der Waals surface area contributed by atoms with E-state index in [1.54, 1.807) is 13.1 Å². The molecule has 112 valence electrons. The van der Waals surface area contributed by atoms with Crippen molar-refractivity contribution in [2.75, 3.05) is 6.54 Å². The number of hydrogen-bond acceptors (Lipinski definition) is 4. The number of aromatic nitrogens is 1. The first-order chi connectivity index (χ1) is 9.97. The van der Waals surface area contributed by atoms with E-state index >= 15 is 0 Å². The van der Waals surface area contributed by atoms with E-state index in [1.807, 2.05) is 36.6 Å². The molecule has 2 heterocycles. The van der Waals surface area contributed by atoms with Crippen LogP contribution in [-0.2, 0) is 12.1 Å². The first-order valence-electron chi connectivity index (χ1n) is 6.67. The van der Waals surface area contributed by atoms with Crippen molar-refractivity contribution >= 4 is 17.4 Å². The van der Waals surface area contributed by atoms with Gasteiger partial charge in [0.1, 0.15) is 5.60 Å². The minimum atomic E-state index is -1.06. The molecule has 1 atom stereocenters. The Kier molecular flexibility index (Phi) is 4.93. The Hall–Kier alpha value is -1.92. The number of aryl methyl sites for hydroxylation is 1. The molecule has 0 aliphatic heterocycles. The Morgan fingerprint density at radius 3 is 2.81 bits per heavy atom. The Balaban J connectivity index is 1.78. The number of carbonyl (C=O) groups is 1. The van der Waals surface area contributed by atoms with Crippen LogP contribution in [0.1, 0.15) is 23.1 Å². The average molecular weight is 305 g/mol. The maximum Gasteiger partial charge on any atom is 0.315 e. The van der Waals surface area contributed by atoms with Gasteiger partial charge in [0.05, 0.1) is 6.54 Å². The summed E-state index contributed by atoms with van der Waals surface area (Å²) in [5.41, 5.74) is 0.813. The number of urea groups is 1. The Morgan fingerprint density at radius 2 is 2.19 bits per heavy atom. The number of carbonyl (C=O) groups excluding carboxylic acids is 1. The van der Waals surface area contributed by atoms with Gasteiger partial charge in [-0.1, -0.05) is 12.1 Å². The molecule has 0 aliphatic carbocycles. The standard InChI is InChI=1S/C15H19N3O2S/c1-11-5-6-12(8-16-11)9-17-14(19)18-10-15(2,20)13-4-3-7-21-13/h3-8,20H,9-10H2,1-2H3,(H2,17,18,19)/t15-/m0/s1. The van der Waals surface area contributed by atoms with Crippen LogP contribution in [0.3, 0.4) is 0 Å². The molecule has 0 unspecified atom stereocenters. The van der Waals surface area contributed by atoms with Gasteiger partial charge >= 0.3 is 6.03 Å². The molecule has 0 saturated carbocycles. The van der Waals surface area contributed by atoms with Crippen LogP contribution in [0.5, 0.6) is 0 Å². The minimum absolute atomic E-state index is 0.158. The molecule has 0 bridgehead atoms. The third kappa shape index (κ3) is 4.54. The van der Waals surface area contributed by atoms with E-state index in [2.05, 4.69) is 15.6 Å². The number of rotatable bonds is 5. The number of hydrogen-bond donors (Lipinski definition) is 3. The topological polar surface area (TPSA) is 74.2 Å². The van der Waals surface area contributed by atoms with Gasteiger partial charge in [-0.3, -0.25) is 4.98 Å². The van der Waals surface area contributed by atoms with Gasteiger partial charge in [-0.25, -0.2) is 4.79 Å². The monoisotopic (exact) mass is 305 g/mol. The highest BCUT2D eigenvalue weighted by atomic mass is 32.1. The first-order valence-corrected chi connectivity index (χ1v) is 7.55. The molecule has 0 spiro atoms. The maximum atomic E-state index is 11.7. The van der Waals surface area contributed by atoms with Gasteiger partial charge in [0.25, 0.3) is 0 Å². The zero-order valence-corrected chi connectivity index (χ0v) is 12.9. The summed E-state index contributed by atoms with van der Waals surface area (Å²) in [4.78, 5) is 16.7. The second-order valence-electron chi connectivity index (χ2n) is 5.10. The lowest BCUT2D eigenvalue weighted by atomic mass is 10.1. The highest BCUT2D eigenvalue weighted by Crippen LogP contribution is 2.24. The number of aliphatic hydroxyl groups is 1. The van der Waals surface area contributed by atoms with Gasteiger partial charge in [-0.2, -0.15) is 0 Å². The van der Waals surface area contributed by atoms with Gasteiger partial charge in [0.2, 0.25) is 0 Å². The summed E-state index contributed by atoms with van der Waals surface area (Å²) in [6, 6.07) is 7.23. The fourth-order valence-corrected chi connectivity index (χ4v) is 2.56. The summed E-state index contributed by atoms with van der Waals surface area (Å²) in [6.45, 7) is 4.16. The maximum absolute atomic E-state index is 11.7. The molecule has 6 heteroatoms. The summed E-state index contributed by atoms with van der Waals surface area (Å²) < 4.78 is 0. The van der Waals surface area contributed by atoms with Crippen molar-refractivity contribution in [2.45, 2.75) is 26.0 Å². The summed E-state index contributed by atoms with van der Waals surface area (Å²) in [5.74, 6) is 0. The Morgan fingerprint density at radius 1 is 1.38 bits per heavy atom. The van der Waals surface area contributed by atoms with Crippen LogP contribution < -0.4 is 10.6 Å². The van der Waals surface area contributed by atoms with Gasteiger partial charge < -0.3 is 15.7 Å². The van der Waals surface area contributed by atoms with Crippen molar-refractivity contribution in [1.29, 1.82) is 0 Å². The van der Waals surface area contributed by atoms with Crippen LogP contribution in [-0.4, -0.2) is 22.7 Å². The van der Waals surface area contributed by atoms with Crippen LogP contribution in [0.25, 0.3) is 0 Å². The van der Waals surface area contributed by atoms with Crippen LogP contribution in [0.15, 0.2) is 35.8 Å². The van der Waals surface area contributed by atoms with Gasteiger partial charge in [-0.05, 0) is 36.9 Å². The van der Waals surface area contributed by atoms with Crippen molar-refractivity contribution in [1.82, 2.24) is 15.6 Å². The highest BCUT2D eigenvalue weighted by Gasteiger charge is 2.24. The predicted molar refractivity (Wildman–Crippen MR) is 83.1 cm³/mol. The van der Waals surface area contributed by atoms with Crippen molar-refractivity contribution in [3.8, 4) is 0 Å². The number of thiophene rings is 1. The molecule has 0 aromatic carbocycles. The molecule has 2 amide bonds. The molecular formula is C15H19N3O2S. The minimum Gasteiger partial charge on any atom is -0.383 e. The zero-order chi connectivity index (χ0) is 15.3. The lowest BCUT2D eigenvalue weighted by Crippen LogP contribution is -2.42. The lowest BCUT2D eigenvalue weighted by molar-refractivity contribution is 0.0631. The largest absolute Gasteiger partial charge is 0.383 e. The van der Waals surface area contributed by atoms with E-state index in [1.165, 1.54) is 11.3 Å². The van der Waals surface area contributed by atoms with E-state index in [0.717, 1.165) is 16.1 Å². The molecule has 2 rings (SSSR count). The van der Waals surface area contributed by atoms with E-state index in [-0.39, 0.29) is 12.6 Å². The van der Waals surface area contributed by atoms with Crippen LogP contribution in [0.2, 0.25) is 0 Å². The second-order valence-corrected chi connectivity index (χ2v) is 6.04. The Bertz CT molecular complexity index is 579. The lowest BCUT2D eigenvalue weighted by Gasteiger charge is -2.22. The third-order valence-electron chi connectivity index (χ3n) is 3.07. The van der Waals surface area contributed by atoms with Crippen LogP contribution in [0.4, 0.5) is 4.79 Å². The van der Waals surface area contributed by atoms with E-state index in [0.29, 0.717) is 6.54 Å². The molecule has 2 aromatic rings. The quantitative estimate of drug-likeness (QED) is 0.792.